The number of hydrogen-bond acceptors (Lipinski definition) is 5. The number of esters is 1. The van der Waals surface area contributed by atoms with Crippen LogP contribution in [0.2, 0.25) is 0 Å². The predicted molar refractivity (Wildman–Crippen MR) is 149 cm³/mol. The molecule has 184 valence electrons. The van der Waals surface area contributed by atoms with E-state index in [0.717, 1.165) is 68.5 Å². The normalized spacial score (nSPS) is 15.1. The van der Waals surface area contributed by atoms with Gasteiger partial charge >= 0.3 is 5.97 Å². The molecule has 5 nitrogen and oxygen atoms in total. The lowest BCUT2D eigenvalue weighted by molar-refractivity contribution is 0.0320. The maximum Gasteiger partial charge on any atom is 0.339 e. The number of rotatable bonds is 5. The summed E-state index contributed by atoms with van der Waals surface area (Å²) in [7, 11) is 0. The third kappa shape index (κ3) is 4.17. The molecule has 0 unspecified atom stereocenters. The minimum atomic E-state index is -0.933. The van der Waals surface area contributed by atoms with Crippen LogP contribution in [0.25, 0.3) is 33.5 Å². The van der Waals surface area contributed by atoms with Gasteiger partial charge in [-0.15, -0.1) is 11.3 Å². The van der Waals surface area contributed by atoms with Gasteiger partial charge in [0.25, 0.3) is 0 Å². The number of pyridine rings is 1. The smallest absolute Gasteiger partial charge is 0.339 e. The summed E-state index contributed by atoms with van der Waals surface area (Å²) in [5, 5.41) is 3.65. The Morgan fingerprint density at radius 3 is 2.59 bits per heavy atom. The number of ketones is 1. The van der Waals surface area contributed by atoms with E-state index in [-0.39, 0.29) is 5.78 Å². The third-order valence-corrected chi connectivity index (χ3v) is 7.85. The molecule has 0 radical (unpaired) electrons. The van der Waals surface area contributed by atoms with Crippen molar-refractivity contribution < 1.29 is 14.3 Å². The number of benzene rings is 2. The molecule has 2 aromatic carbocycles. The highest BCUT2D eigenvalue weighted by Crippen LogP contribution is 2.37. The molecule has 1 aliphatic rings. The first-order valence-corrected chi connectivity index (χ1v) is 13.4. The first-order valence-electron chi connectivity index (χ1n) is 12.5. The average molecular weight is 507 g/mol. The molecule has 1 N–H and O–H groups in total. The quantitative estimate of drug-likeness (QED) is 0.199. The van der Waals surface area contributed by atoms with Crippen LogP contribution in [0.5, 0.6) is 0 Å². The van der Waals surface area contributed by atoms with Crippen molar-refractivity contribution in [1.82, 2.24) is 9.97 Å². The van der Waals surface area contributed by atoms with Crippen LogP contribution in [0.3, 0.4) is 0 Å². The van der Waals surface area contributed by atoms with Gasteiger partial charge in [0.2, 0.25) is 5.78 Å². The first kappa shape index (κ1) is 23.4. The highest BCUT2D eigenvalue weighted by molar-refractivity contribution is 7.10. The van der Waals surface area contributed by atoms with Gasteiger partial charge in [-0.25, -0.2) is 9.78 Å². The molecule has 3 aromatic heterocycles. The predicted octanol–water partition coefficient (Wildman–Crippen LogP) is 7.39. The van der Waals surface area contributed by atoms with Gasteiger partial charge in [0.05, 0.1) is 16.8 Å². The molecule has 0 saturated carbocycles. The van der Waals surface area contributed by atoms with Gasteiger partial charge in [0.1, 0.15) is 0 Å². The van der Waals surface area contributed by atoms with Crippen molar-refractivity contribution in [3.8, 4) is 0 Å². The lowest BCUT2D eigenvalue weighted by atomic mass is 9.86. The zero-order valence-electron chi connectivity index (χ0n) is 20.7. The van der Waals surface area contributed by atoms with Crippen LogP contribution >= 0.6 is 11.3 Å². The molecule has 0 amide bonds. The number of nitrogens with zero attached hydrogens (tertiary/aromatic N) is 1. The van der Waals surface area contributed by atoms with Gasteiger partial charge in [0, 0.05) is 32.4 Å². The second kappa shape index (κ2) is 9.45. The molecule has 0 spiro atoms. The van der Waals surface area contributed by atoms with Crippen LogP contribution in [0.15, 0.2) is 66.0 Å². The van der Waals surface area contributed by atoms with Crippen LogP contribution in [-0.2, 0) is 11.2 Å². The largest absolute Gasteiger partial charge is 0.451 e. The van der Waals surface area contributed by atoms with E-state index in [1.54, 1.807) is 18.3 Å². The van der Waals surface area contributed by atoms with E-state index in [9.17, 15) is 9.59 Å². The Kier molecular flexibility index (Phi) is 5.97. The van der Waals surface area contributed by atoms with Gasteiger partial charge in [-0.1, -0.05) is 42.5 Å². The number of aromatic nitrogens is 2. The SMILES string of the molecule is Cc1[nH]c2ccccc2c1C(=O)[C@H](C)OC(=O)c1c2c(nc3ccccc13)/C(=C\c1cccs1)CCC2. The summed E-state index contributed by atoms with van der Waals surface area (Å²) in [6.45, 7) is 3.52. The number of H-pyrrole nitrogens is 1. The lowest BCUT2D eigenvalue weighted by Gasteiger charge is -2.23. The van der Waals surface area contributed by atoms with E-state index in [0.29, 0.717) is 11.1 Å². The highest BCUT2D eigenvalue weighted by Gasteiger charge is 2.29. The molecule has 6 heteroatoms. The van der Waals surface area contributed by atoms with Gasteiger partial charge < -0.3 is 9.72 Å². The van der Waals surface area contributed by atoms with E-state index in [1.807, 2.05) is 61.5 Å². The van der Waals surface area contributed by atoms with Crippen LogP contribution in [0, 0.1) is 6.92 Å². The summed E-state index contributed by atoms with van der Waals surface area (Å²) in [4.78, 5) is 36.6. The summed E-state index contributed by atoms with van der Waals surface area (Å²) in [6, 6.07) is 19.5. The molecular weight excluding hydrogens is 480 g/mol. The zero-order valence-corrected chi connectivity index (χ0v) is 21.5. The average Bonchev–Trinajstić information content (AvgIpc) is 3.53. The number of ether oxygens (including phenoxy) is 1. The lowest BCUT2D eigenvalue weighted by Crippen LogP contribution is -2.26. The molecule has 37 heavy (non-hydrogen) atoms. The second-order valence-electron chi connectivity index (χ2n) is 9.45. The van der Waals surface area contributed by atoms with E-state index >= 15 is 0 Å². The summed E-state index contributed by atoms with van der Waals surface area (Å²) in [6.07, 6.45) is 3.81. The number of aryl methyl sites for hydroxylation is 1. The summed E-state index contributed by atoms with van der Waals surface area (Å²) >= 11 is 1.68. The fourth-order valence-electron chi connectivity index (χ4n) is 5.32. The highest BCUT2D eigenvalue weighted by atomic mass is 32.1. The number of allylic oxidation sites excluding steroid dienone is 1. The Hall–Kier alpha value is -4.03. The minimum absolute atomic E-state index is 0.214. The Labute approximate surface area is 218 Å². The number of carbonyl (C=O) groups excluding carboxylic acids is 2. The number of para-hydroxylation sites is 2. The molecule has 6 rings (SSSR count). The minimum Gasteiger partial charge on any atom is -0.451 e. The zero-order chi connectivity index (χ0) is 25.5. The van der Waals surface area contributed by atoms with Crippen LogP contribution < -0.4 is 0 Å². The molecular formula is C31H26N2O3S. The first-order chi connectivity index (χ1) is 18.0. The van der Waals surface area contributed by atoms with Crippen molar-refractivity contribution >= 4 is 56.5 Å². The topological polar surface area (TPSA) is 72.1 Å². The number of nitrogens with one attached hydrogen (secondary N) is 1. The summed E-state index contributed by atoms with van der Waals surface area (Å²) < 4.78 is 5.89. The second-order valence-corrected chi connectivity index (χ2v) is 10.4. The number of Topliss-reactive ketones (excluding diaryl/α,β-unsaturated/α-hetero) is 1. The van der Waals surface area contributed by atoms with E-state index < -0.39 is 12.1 Å². The number of thiophene rings is 1. The molecule has 0 fully saturated rings. The Morgan fingerprint density at radius 2 is 1.78 bits per heavy atom. The molecule has 0 saturated heterocycles. The number of fused-ring (bicyclic) bond motifs is 3. The van der Waals surface area contributed by atoms with Gasteiger partial charge in [-0.05, 0) is 73.9 Å². The molecule has 1 atom stereocenters. The molecule has 0 bridgehead atoms. The monoisotopic (exact) mass is 506 g/mol. The number of carbonyl (C=O) groups is 2. The molecule has 5 aromatic rings. The van der Waals surface area contributed by atoms with Gasteiger partial charge in [-0.3, -0.25) is 4.79 Å². The van der Waals surface area contributed by atoms with Crippen molar-refractivity contribution in [3.63, 3.8) is 0 Å². The van der Waals surface area contributed by atoms with Crippen molar-refractivity contribution in [2.45, 2.75) is 39.2 Å². The summed E-state index contributed by atoms with van der Waals surface area (Å²) in [5.41, 5.74) is 6.38. The number of aromatic amines is 1. The standard InChI is InChI=1S/C31H26N2O3S/c1-18-27(22-11-3-5-14-25(22)32-18)30(34)19(2)36-31(35)28-23-12-4-6-15-26(23)33-29-20(9-7-13-24(28)29)17-21-10-8-16-37-21/h3-6,8,10-12,14-17,19,32H,7,9,13H2,1-2H3/b20-17-/t19-/m0/s1. The van der Waals surface area contributed by atoms with Crippen LogP contribution in [0.4, 0.5) is 0 Å². The Morgan fingerprint density at radius 1 is 1.00 bits per heavy atom. The van der Waals surface area contributed by atoms with E-state index in [2.05, 4.69) is 22.5 Å². The fourth-order valence-corrected chi connectivity index (χ4v) is 6.01. The molecule has 0 aliphatic heterocycles. The van der Waals surface area contributed by atoms with Crippen molar-refractivity contribution in [2.24, 2.45) is 0 Å². The Bertz CT molecular complexity index is 1690. The van der Waals surface area contributed by atoms with Gasteiger partial charge in [0.15, 0.2) is 6.10 Å². The van der Waals surface area contributed by atoms with Crippen molar-refractivity contribution in [3.05, 3.63) is 99.0 Å². The molecule has 1 aliphatic carbocycles. The van der Waals surface area contributed by atoms with E-state index in [1.165, 1.54) is 0 Å². The van der Waals surface area contributed by atoms with Crippen LogP contribution in [-0.4, -0.2) is 27.8 Å². The number of hydrogen-bond donors (Lipinski definition) is 1. The fraction of sp³-hybridized carbons (Fsp3) is 0.194. The van der Waals surface area contributed by atoms with Crippen LogP contribution in [0.1, 0.15) is 62.3 Å². The maximum atomic E-state index is 13.8. The Balaban J connectivity index is 1.40. The summed E-state index contributed by atoms with van der Waals surface area (Å²) in [5.74, 6) is -0.695. The van der Waals surface area contributed by atoms with E-state index in [4.69, 9.17) is 9.72 Å². The van der Waals surface area contributed by atoms with Gasteiger partial charge in [-0.2, -0.15) is 0 Å². The molecule has 3 heterocycles. The van der Waals surface area contributed by atoms with Crippen molar-refractivity contribution in [2.75, 3.05) is 0 Å². The third-order valence-electron chi connectivity index (χ3n) is 7.03. The maximum absolute atomic E-state index is 13.8. The van der Waals surface area contributed by atoms with Crippen molar-refractivity contribution in [1.29, 1.82) is 0 Å².